The number of carbonyl (C=O) groups excluding carboxylic acids is 1. The molecule has 0 aliphatic carbocycles. The van der Waals surface area contributed by atoms with Gasteiger partial charge in [0.05, 0.1) is 0 Å². The zero-order chi connectivity index (χ0) is 10.8. The first-order valence-electron chi connectivity index (χ1n) is 5.07. The average molecular weight is 219 g/mol. The Labute approximate surface area is 94.7 Å². The van der Waals surface area contributed by atoms with E-state index in [0.29, 0.717) is 6.42 Å². The number of hydrogen-bond acceptors (Lipinski definition) is 2. The first-order valence-corrected chi connectivity index (χ1v) is 5.48. The summed E-state index contributed by atoms with van der Waals surface area (Å²) in [5.41, 5.74) is 1.08. The van der Waals surface area contributed by atoms with Gasteiger partial charge in [-0.25, -0.2) is 0 Å². The molecule has 0 radical (unpaired) electrons. The Balaban J connectivity index is 2.05. The van der Waals surface area contributed by atoms with Gasteiger partial charge in [0, 0.05) is 23.2 Å². The number of nitrogens with one attached hydrogen (secondary N) is 1. The molecule has 1 aromatic carbocycles. The lowest BCUT2D eigenvalue weighted by Crippen LogP contribution is -2.53. The van der Waals surface area contributed by atoms with Crippen LogP contribution < -0.4 is 5.32 Å². The molecule has 0 saturated carbocycles. The van der Waals surface area contributed by atoms with E-state index >= 15 is 0 Å². The van der Waals surface area contributed by atoms with Crippen molar-refractivity contribution in [3.63, 3.8) is 0 Å². The smallest absolute Gasteiger partial charge is 0.222 e. The summed E-state index contributed by atoms with van der Waals surface area (Å²) in [6.07, 6.45) is 0.605. The Bertz CT molecular complexity index is 380. The van der Waals surface area contributed by atoms with Gasteiger partial charge >= 0.3 is 0 Å². The number of amides is 1. The number of hydrogen-bond donors (Lipinski definition) is 1. The van der Waals surface area contributed by atoms with Crippen molar-refractivity contribution in [3.8, 4) is 0 Å². The van der Waals surface area contributed by atoms with Crippen molar-refractivity contribution >= 4 is 23.0 Å². The van der Waals surface area contributed by atoms with E-state index in [-0.39, 0.29) is 17.9 Å². The van der Waals surface area contributed by atoms with Crippen molar-refractivity contribution in [1.29, 1.82) is 0 Å². The predicted molar refractivity (Wildman–Crippen MR) is 63.9 cm³/mol. The van der Waals surface area contributed by atoms with Crippen molar-refractivity contribution in [2.45, 2.75) is 19.4 Å². The first kappa shape index (κ1) is 10.3. The molecule has 0 bridgehead atoms. The minimum absolute atomic E-state index is 0.128. The van der Waals surface area contributed by atoms with Gasteiger partial charge in [0.1, 0.15) is 0 Å². The van der Waals surface area contributed by atoms with E-state index in [9.17, 15) is 4.79 Å². The van der Waals surface area contributed by atoms with Crippen molar-refractivity contribution in [3.05, 3.63) is 35.9 Å². The molecule has 1 aromatic rings. The molecular formula is C12H13NOS. The molecule has 3 heteroatoms. The second-order valence-electron chi connectivity index (χ2n) is 3.90. The van der Waals surface area contributed by atoms with Gasteiger partial charge in [-0.3, -0.25) is 4.79 Å². The van der Waals surface area contributed by atoms with Crippen LogP contribution in [0, 0.1) is 5.92 Å². The van der Waals surface area contributed by atoms with E-state index in [4.69, 9.17) is 12.2 Å². The van der Waals surface area contributed by atoms with Gasteiger partial charge in [-0.15, -0.1) is 0 Å². The molecule has 1 saturated heterocycles. The predicted octanol–water partition coefficient (Wildman–Crippen LogP) is 1.93. The molecule has 1 amide bonds. The molecule has 78 valence electrons. The van der Waals surface area contributed by atoms with Gasteiger partial charge < -0.3 is 5.32 Å². The van der Waals surface area contributed by atoms with Crippen LogP contribution in [0.25, 0.3) is 0 Å². The fourth-order valence-corrected chi connectivity index (χ4v) is 2.04. The second kappa shape index (κ2) is 4.11. The lowest BCUT2D eigenvalue weighted by Gasteiger charge is -2.32. The molecule has 2 rings (SSSR count). The fraction of sp³-hybridized carbons (Fsp3) is 0.333. The third-order valence-electron chi connectivity index (χ3n) is 2.83. The Hall–Kier alpha value is -1.22. The third kappa shape index (κ3) is 2.07. The Morgan fingerprint density at radius 3 is 2.60 bits per heavy atom. The minimum Gasteiger partial charge on any atom is -0.352 e. The first-order chi connectivity index (χ1) is 7.18. The van der Waals surface area contributed by atoms with Crippen LogP contribution in [0.1, 0.15) is 18.9 Å². The lowest BCUT2D eigenvalue weighted by molar-refractivity contribution is -0.128. The van der Waals surface area contributed by atoms with Crippen molar-refractivity contribution in [2.24, 2.45) is 5.92 Å². The quantitative estimate of drug-likeness (QED) is 0.478. The van der Waals surface area contributed by atoms with Crippen molar-refractivity contribution in [1.82, 2.24) is 5.32 Å². The molecule has 2 unspecified atom stereocenters. The molecule has 1 N–H and O–H groups in total. The average Bonchev–Trinajstić information content (AvgIpc) is 2.24. The Morgan fingerprint density at radius 1 is 1.47 bits per heavy atom. The second-order valence-corrected chi connectivity index (χ2v) is 4.34. The van der Waals surface area contributed by atoms with E-state index in [0.717, 1.165) is 10.4 Å². The highest BCUT2D eigenvalue weighted by Crippen LogP contribution is 2.20. The number of carbonyl (C=O) groups is 1. The van der Waals surface area contributed by atoms with E-state index in [1.165, 1.54) is 0 Å². The minimum atomic E-state index is 0.128. The van der Waals surface area contributed by atoms with E-state index in [1.807, 2.05) is 30.3 Å². The SMILES string of the molecule is CC(C(=S)c1ccccc1)C1CC(=O)N1. The maximum absolute atomic E-state index is 10.8. The van der Waals surface area contributed by atoms with Crippen LogP contribution in [-0.4, -0.2) is 16.8 Å². The number of β-lactam (4-membered cyclic amide) rings is 1. The summed E-state index contributed by atoms with van der Waals surface area (Å²) in [5, 5.41) is 2.87. The van der Waals surface area contributed by atoms with Crippen molar-refractivity contribution in [2.75, 3.05) is 0 Å². The van der Waals surface area contributed by atoms with Gasteiger partial charge in [-0.1, -0.05) is 49.5 Å². The summed E-state index contributed by atoms with van der Waals surface area (Å²) in [4.78, 5) is 11.8. The molecule has 1 heterocycles. The van der Waals surface area contributed by atoms with Gasteiger partial charge in [0.2, 0.25) is 5.91 Å². The van der Waals surface area contributed by atoms with Crippen molar-refractivity contribution < 1.29 is 4.79 Å². The molecule has 2 atom stereocenters. The van der Waals surface area contributed by atoms with E-state index in [1.54, 1.807) is 0 Å². The van der Waals surface area contributed by atoms with Crippen LogP contribution in [0.3, 0.4) is 0 Å². The molecular weight excluding hydrogens is 206 g/mol. The summed E-state index contributed by atoms with van der Waals surface area (Å²) in [5.74, 6) is 0.364. The maximum atomic E-state index is 10.8. The normalized spacial score (nSPS) is 21.4. The Morgan fingerprint density at radius 2 is 2.07 bits per heavy atom. The highest BCUT2D eigenvalue weighted by atomic mass is 32.1. The monoisotopic (exact) mass is 219 g/mol. The summed E-state index contributed by atoms with van der Waals surface area (Å²) in [6, 6.07) is 10.2. The summed E-state index contributed by atoms with van der Waals surface area (Å²) < 4.78 is 0. The van der Waals surface area contributed by atoms with Crippen LogP contribution in [0.2, 0.25) is 0 Å². The molecule has 0 aromatic heterocycles. The van der Waals surface area contributed by atoms with Gasteiger partial charge in [-0.05, 0) is 5.56 Å². The van der Waals surface area contributed by atoms with Crippen LogP contribution in [-0.2, 0) is 4.79 Å². The number of benzene rings is 1. The van der Waals surface area contributed by atoms with E-state index in [2.05, 4.69) is 12.2 Å². The zero-order valence-corrected chi connectivity index (χ0v) is 9.38. The number of thiocarbonyl (C=S) groups is 1. The van der Waals surface area contributed by atoms with Crippen LogP contribution in [0.4, 0.5) is 0 Å². The highest BCUT2D eigenvalue weighted by Gasteiger charge is 2.32. The zero-order valence-electron chi connectivity index (χ0n) is 8.57. The lowest BCUT2D eigenvalue weighted by atomic mass is 9.87. The highest BCUT2D eigenvalue weighted by molar-refractivity contribution is 7.80. The topological polar surface area (TPSA) is 29.1 Å². The molecule has 1 fully saturated rings. The molecule has 2 nitrogen and oxygen atoms in total. The van der Waals surface area contributed by atoms with Crippen LogP contribution in [0.5, 0.6) is 0 Å². The largest absolute Gasteiger partial charge is 0.352 e. The maximum Gasteiger partial charge on any atom is 0.222 e. The summed E-state index contributed by atoms with van der Waals surface area (Å²) in [6.45, 7) is 2.07. The summed E-state index contributed by atoms with van der Waals surface area (Å²) >= 11 is 5.41. The molecule has 1 aliphatic rings. The van der Waals surface area contributed by atoms with E-state index < -0.39 is 0 Å². The molecule has 15 heavy (non-hydrogen) atoms. The van der Waals surface area contributed by atoms with Gasteiger partial charge in [-0.2, -0.15) is 0 Å². The molecule has 0 spiro atoms. The van der Waals surface area contributed by atoms with Gasteiger partial charge in [0.25, 0.3) is 0 Å². The third-order valence-corrected chi connectivity index (χ3v) is 3.43. The number of rotatable bonds is 3. The molecule has 1 aliphatic heterocycles. The van der Waals surface area contributed by atoms with Gasteiger partial charge in [0.15, 0.2) is 0 Å². The fourth-order valence-electron chi connectivity index (χ4n) is 1.74. The Kier molecular flexibility index (Phi) is 2.82. The van der Waals surface area contributed by atoms with Crippen LogP contribution >= 0.6 is 12.2 Å². The standard InChI is InChI=1S/C12H13NOS/c1-8(10-7-11(14)13-10)12(15)9-5-3-2-4-6-9/h2-6,8,10H,7H2,1H3,(H,13,14). The van der Waals surface area contributed by atoms with Crippen LogP contribution in [0.15, 0.2) is 30.3 Å². The summed E-state index contributed by atoms with van der Waals surface area (Å²) in [7, 11) is 0.